The topological polar surface area (TPSA) is 29.1 Å². The summed E-state index contributed by atoms with van der Waals surface area (Å²) >= 11 is 0. The Hall–Kier alpha value is -1.38. The van der Waals surface area contributed by atoms with E-state index in [-0.39, 0.29) is 11.3 Å². The molecular formula is C12H16FNO. The molecule has 0 radical (unpaired) electrons. The van der Waals surface area contributed by atoms with E-state index in [9.17, 15) is 9.18 Å². The lowest BCUT2D eigenvalue weighted by Gasteiger charge is -2.22. The zero-order valence-electron chi connectivity index (χ0n) is 9.30. The van der Waals surface area contributed by atoms with Crippen LogP contribution in [-0.4, -0.2) is 12.7 Å². The van der Waals surface area contributed by atoms with E-state index in [0.29, 0.717) is 5.56 Å². The zero-order chi connectivity index (χ0) is 11.5. The number of carbonyl (C=O) groups is 1. The molecule has 0 aliphatic rings. The second-order valence-corrected chi connectivity index (χ2v) is 4.44. The second kappa shape index (κ2) is 4.43. The fraction of sp³-hybridized carbons (Fsp3) is 0.417. The Morgan fingerprint density at radius 2 is 1.93 bits per heavy atom. The van der Waals surface area contributed by atoms with Crippen molar-refractivity contribution in [3.05, 3.63) is 35.4 Å². The Morgan fingerprint density at radius 3 is 2.47 bits per heavy atom. The average molecular weight is 209 g/mol. The highest BCUT2D eigenvalue weighted by molar-refractivity contribution is 5.95. The highest BCUT2D eigenvalue weighted by Gasteiger charge is 2.20. The molecule has 0 unspecified atom stereocenters. The SMILES string of the molecule is CC(C)(C)c1ccccc1C(=O)NCF. The summed E-state index contributed by atoms with van der Waals surface area (Å²) in [6.45, 7) is 5.23. The molecule has 0 bridgehead atoms. The monoisotopic (exact) mass is 209 g/mol. The van der Waals surface area contributed by atoms with Crippen LogP contribution < -0.4 is 5.32 Å². The lowest BCUT2D eigenvalue weighted by atomic mass is 9.83. The van der Waals surface area contributed by atoms with Crippen LogP contribution in [0.2, 0.25) is 0 Å². The molecule has 1 aromatic rings. The van der Waals surface area contributed by atoms with Gasteiger partial charge in [-0.05, 0) is 17.0 Å². The van der Waals surface area contributed by atoms with Gasteiger partial charge in [0.25, 0.3) is 5.91 Å². The normalized spacial score (nSPS) is 11.2. The van der Waals surface area contributed by atoms with Gasteiger partial charge < -0.3 is 5.32 Å². The molecule has 82 valence electrons. The number of hydrogen-bond acceptors (Lipinski definition) is 1. The van der Waals surface area contributed by atoms with Crippen molar-refractivity contribution in [1.29, 1.82) is 0 Å². The molecule has 0 saturated heterocycles. The van der Waals surface area contributed by atoms with Gasteiger partial charge in [0.15, 0.2) is 6.80 Å². The third kappa shape index (κ3) is 2.78. The van der Waals surface area contributed by atoms with Crippen LogP contribution in [0.15, 0.2) is 24.3 Å². The van der Waals surface area contributed by atoms with E-state index in [1.54, 1.807) is 12.1 Å². The highest BCUT2D eigenvalue weighted by atomic mass is 19.1. The van der Waals surface area contributed by atoms with Gasteiger partial charge in [0.05, 0.1) is 0 Å². The molecule has 1 rings (SSSR count). The fourth-order valence-corrected chi connectivity index (χ4v) is 1.49. The Balaban J connectivity index is 3.12. The predicted molar refractivity (Wildman–Crippen MR) is 58.6 cm³/mol. The first-order chi connectivity index (χ1) is 6.96. The molecule has 3 heteroatoms. The molecule has 15 heavy (non-hydrogen) atoms. The van der Waals surface area contributed by atoms with Crippen molar-refractivity contribution in [2.45, 2.75) is 26.2 Å². The summed E-state index contributed by atoms with van der Waals surface area (Å²) < 4.78 is 12.0. The summed E-state index contributed by atoms with van der Waals surface area (Å²) in [4.78, 5) is 11.6. The highest BCUT2D eigenvalue weighted by Crippen LogP contribution is 2.25. The number of rotatable bonds is 2. The smallest absolute Gasteiger partial charge is 0.253 e. The van der Waals surface area contributed by atoms with Crippen molar-refractivity contribution in [3.8, 4) is 0 Å². The molecule has 1 N–H and O–H groups in total. The number of alkyl halides is 1. The number of halogens is 1. The number of nitrogens with one attached hydrogen (secondary N) is 1. The Labute approximate surface area is 89.5 Å². The minimum Gasteiger partial charge on any atom is -0.325 e. The van der Waals surface area contributed by atoms with Crippen LogP contribution in [-0.2, 0) is 5.41 Å². The van der Waals surface area contributed by atoms with Crippen LogP contribution in [0.3, 0.4) is 0 Å². The standard InChI is InChI=1S/C12H16FNO/c1-12(2,3)10-7-5-4-6-9(10)11(15)14-8-13/h4-7H,8H2,1-3H3,(H,14,15). The van der Waals surface area contributed by atoms with E-state index in [2.05, 4.69) is 5.32 Å². The number of hydrogen-bond donors (Lipinski definition) is 1. The van der Waals surface area contributed by atoms with Gasteiger partial charge in [-0.3, -0.25) is 4.79 Å². The molecule has 0 saturated carbocycles. The summed E-state index contributed by atoms with van der Waals surface area (Å²) in [5.74, 6) is -0.358. The van der Waals surface area contributed by atoms with Gasteiger partial charge in [-0.15, -0.1) is 0 Å². The average Bonchev–Trinajstić information content (AvgIpc) is 2.17. The fourth-order valence-electron chi connectivity index (χ4n) is 1.49. The van der Waals surface area contributed by atoms with Crippen molar-refractivity contribution >= 4 is 5.91 Å². The van der Waals surface area contributed by atoms with E-state index >= 15 is 0 Å². The second-order valence-electron chi connectivity index (χ2n) is 4.44. The molecular weight excluding hydrogens is 193 g/mol. The van der Waals surface area contributed by atoms with Crippen molar-refractivity contribution in [2.75, 3.05) is 6.80 Å². The van der Waals surface area contributed by atoms with Crippen LogP contribution >= 0.6 is 0 Å². The first-order valence-electron chi connectivity index (χ1n) is 4.90. The molecule has 0 aliphatic heterocycles. The maximum absolute atomic E-state index is 12.0. The first-order valence-corrected chi connectivity index (χ1v) is 4.90. The van der Waals surface area contributed by atoms with Crippen LogP contribution in [0.25, 0.3) is 0 Å². The molecule has 0 fully saturated rings. The van der Waals surface area contributed by atoms with Gasteiger partial charge in [-0.25, -0.2) is 4.39 Å². The minimum atomic E-state index is -0.836. The molecule has 1 aromatic carbocycles. The lowest BCUT2D eigenvalue weighted by molar-refractivity contribution is 0.0935. The summed E-state index contributed by atoms with van der Waals surface area (Å²) in [6.07, 6.45) is 0. The molecule has 0 heterocycles. The largest absolute Gasteiger partial charge is 0.325 e. The summed E-state index contributed by atoms with van der Waals surface area (Å²) in [7, 11) is 0. The van der Waals surface area contributed by atoms with E-state index in [1.165, 1.54) is 0 Å². The molecule has 0 spiro atoms. The molecule has 0 atom stereocenters. The predicted octanol–water partition coefficient (Wildman–Crippen LogP) is 2.64. The van der Waals surface area contributed by atoms with E-state index in [1.807, 2.05) is 32.9 Å². The maximum Gasteiger partial charge on any atom is 0.253 e. The summed E-state index contributed by atoms with van der Waals surface area (Å²) in [5.41, 5.74) is 1.35. The Kier molecular flexibility index (Phi) is 3.45. The van der Waals surface area contributed by atoms with Gasteiger partial charge in [-0.1, -0.05) is 39.0 Å². The van der Waals surface area contributed by atoms with Crippen molar-refractivity contribution in [2.24, 2.45) is 0 Å². The van der Waals surface area contributed by atoms with Gasteiger partial charge in [-0.2, -0.15) is 0 Å². The summed E-state index contributed by atoms with van der Waals surface area (Å²) in [6, 6.07) is 7.27. The molecule has 0 aliphatic carbocycles. The minimum absolute atomic E-state index is 0.121. The van der Waals surface area contributed by atoms with Crippen LogP contribution in [0.5, 0.6) is 0 Å². The zero-order valence-corrected chi connectivity index (χ0v) is 9.30. The van der Waals surface area contributed by atoms with Gasteiger partial charge >= 0.3 is 0 Å². The third-order valence-corrected chi connectivity index (χ3v) is 2.21. The maximum atomic E-state index is 12.0. The summed E-state index contributed by atoms with van der Waals surface area (Å²) in [5, 5.41) is 2.17. The van der Waals surface area contributed by atoms with Crippen LogP contribution in [0.4, 0.5) is 4.39 Å². The Bertz CT molecular complexity index is 355. The first kappa shape index (κ1) is 11.7. The quantitative estimate of drug-likeness (QED) is 0.745. The number of carbonyl (C=O) groups excluding carboxylic acids is 1. The van der Waals surface area contributed by atoms with E-state index in [4.69, 9.17) is 0 Å². The third-order valence-electron chi connectivity index (χ3n) is 2.21. The molecule has 0 aromatic heterocycles. The van der Waals surface area contributed by atoms with Crippen LogP contribution in [0.1, 0.15) is 36.7 Å². The van der Waals surface area contributed by atoms with Crippen LogP contribution in [0, 0.1) is 0 Å². The number of benzene rings is 1. The van der Waals surface area contributed by atoms with Gasteiger partial charge in [0, 0.05) is 5.56 Å². The Morgan fingerprint density at radius 1 is 1.33 bits per heavy atom. The van der Waals surface area contributed by atoms with Crippen molar-refractivity contribution in [1.82, 2.24) is 5.32 Å². The van der Waals surface area contributed by atoms with Gasteiger partial charge in [0.2, 0.25) is 0 Å². The van der Waals surface area contributed by atoms with E-state index in [0.717, 1.165) is 5.56 Å². The molecule has 1 amide bonds. The molecule has 2 nitrogen and oxygen atoms in total. The van der Waals surface area contributed by atoms with Gasteiger partial charge in [0.1, 0.15) is 0 Å². The van der Waals surface area contributed by atoms with E-state index < -0.39 is 6.80 Å². The lowest BCUT2D eigenvalue weighted by Crippen LogP contribution is -2.26. The number of amides is 1. The van der Waals surface area contributed by atoms with Crippen molar-refractivity contribution < 1.29 is 9.18 Å². The van der Waals surface area contributed by atoms with Crippen molar-refractivity contribution in [3.63, 3.8) is 0 Å².